The summed E-state index contributed by atoms with van der Waals surface area (Å²) in [4.78, 5) is 19.4. The number of anilines is 1. The van der Waals surface area contributed by atoms with E-state index < -0.39 is 0 Å². The van der Waals surface area contributed by atoms with Crippen molar-refractivity contribution >= 4 is 11.5 Å². The van der Waals surface area contributed by atoms with Crippen molar-refractivity contribution in [3.63, 3.8) is 0 Å². The number of carbonyl (C=O) groups excluding carboxylic acids is 1. The topological polar surface area (TPSA) is 33.2 Å². The summed E-state index contributed by atoms with van der Waals surface area (Å²) in [5.41, 5.74) is 5.13. The Kier molecular flexibility index (Phi) is 4.16. The van der Waals surface area contributed by atoms with E-state index in [2.05, 4.69) is 41.2 Å². The molecule has 1 aromatic heterocycles. The molecule has 0 N–H and O–H groups in total. The second kappa shape index (κ2) is 6.47. The second-order valence-electron chi connectivity index (χ2n) is 7.24. The van der Waals surface area contributed by atoms with Gasteiger partial charge in [0.2, 0.25) is 5.78 Å². The van der Waals surface area contributed by atoms with Gasteiger partial charge in [-0.05, 0) is 49.4 Å². The average molecular weight is 332 g/mol. The summed E-state index contributed by atoms with van der Waals surface area (Å²) in [7, 11) is 2.08. The number of para-hydroxylation sites is 1. The fourth-order valence-electron chi connectivity index (χ4n) is 4.42. The van der Waals surface area contributed by atoms with Crippen molar-refractivity contribution in [2.24, 2.45) is 5.92 Å². The Morgan fingerprint density at radius 2 is 1.88 bits per heavy atom. The molecular formula is C22H24N2O. The normalized spacial score (nSPS) is 21.8. The second-order valence-corrected chi connectivity index (χ2v) is 7.24. The SMILES string of the molecule is Cc1cccc(C(=O)/C=C2/C(C3CCCC3)c3ccccc3N2C)n1. The molecule has 3 heteroatoms. The third-order valence-corrected chi connectivity index (χ3v) is 5.63. The van der Waals surface area contributed by atoms with Gasteiger partial charge in [-0.3, -0.25) is 4.79 Å². The average Bonchev–Trinajstić information content (AvgIpc) is 3.23. The van der Waals surface area contributed by atoms with Crippen LogP contribution in [0.3, 0.4) is 0 Å². The predicted molar refractivity (Wildman–Crippen MR) is 101 cm³/mol. The van der Waals surface area contributed by atoms with Gasteiger partial charge in [-0.1, -0.05) is 37.1 Å². The Bertz CT molecular complexity index is 833. The van der Waals surface area contributed by atoms with Crippen LogP contribution in [0.25, 0.3) is 0 Å². The van der Waals surface area contributed by atoms with Crippen LogP contribution in [-0.4, -0.2) is 17.8 Å². The molecule has 0 bridgehead atoms. The Morgan fingerprint density at radius 1 is 1.12 bits per heavy atom. The van der Waals surface area contributed by atoms with E-state index in [9.17, 15) is 4.79 Å². The maximum absolute atomic E-state index is 12.8. The summed E-state index contributed by atoms with van der Waals surface area (Å²) in [5, 5.41) is 0. The van der Waals surface area contributed by atoms with Crippen molar-refractivity contribution in [1.29, 1.82) is 0 Å². The number of ketones is 1. The first-order valence-corrected chi connectivity index (χ1v) is 9.17. The molecule has 2 aromatic rings. The zero-order chi connectivity index (χ0) is 17.4. The van der Waals surface area contributed by atoms with Crippen LogP contribution in [0.15, 0.2) is 54.2 Å². The zero-order valence-corrected chi connectivity index (χ0v) is 14.9. The number of likely N-dealkylation sites (N-methyl/N-ethyl adjacent to an activating group) is 1. The number of benzene rings is 1. The number of aryl methyl sites for hydroxylation is 1. The summed E-state index contributed by atoms with van der Waals surface area (Å²) in [5.74, 6) is 0.967. The van der Waals surface area contributed by atoms with E-state index in [1.807, 2.05) is 25.1 Å². The van der Waals surface area contributed by atoms with Gasteiger partial charge in [-0.15, -0.1) is 0 Å². The number of hydrogen-bond donors (Lipinski definition) is 0. The largest absolute Gasteiger partial charge is 0.347 e. The van der Waals surface area contributed by atoms with Crippen LogP contribution < -0.4 is 4.90 Å². The fourth-order valence-corrected chi connectivity index (χ4v) is 4.42. The molecule has 25 heavy (non-hydrogen) atoms. The van der Waals surface area contributed by atoms with Gasteiger partial charge in [-0.2, -0.15) is 0 Å². The molecule has 0 amide bonds. The Morgan fingerprint density at radius 3 is 2.64 bits per heavy atom. The van der Waals surface area contributed by atoms with E-state index in [0.717, 1.165) is 11.4 Å². The summed E-state index contributed by atoms with van der Waals surface area (Å²) in [6, 6.07) is 14.2. The van der Waals surface area contributed by atoms with Crippen LogP contribution >= 0.6 is 0 Å². The van der Waals surface area contributed by atoms with Crippen molar-refractivity contribution in [3.05, 3.63) is 71.2 Å². The molecule has 1 aromatic carbocycles. The highest BCUT2D eigenvalue weighted by atomic mass is 16.1. The van der Waals surface area contributed by atoms with Crippen molar-refractivity contribution in [3.8, 4) is 0 Å². The lowest BCUT2D eigenvalue weighted by molar-refractivity contribution is 0.104. The van der Waals surface area contributed by atoms with Gasteiger partial charge in [0.15, 0.2) is 0 Å². The van der Waals surface area contributed by atoms with Crippen molar-refractivity contribution in [2.75, 3.05) is 11.9 Å². The fraction of sp³-hybridized carbons (Fsp3) is 0.364. The molecule has 4 rings (SSSR count). The standard InChI is InChI=1S/C22H24N2O/c1-15-8-7-12-18(23-15)21(25)14-20-22(16-9-3-4-10-16)17-11-5-6-13-19(17)24(20)2/h5-8,11-14,16,22H,3-4,9-10H2,1-2H3/b20-14-. The predicted octanol–water partition coefficient (Wildman–Crippen LogP) is 4.88. The number of allylic oxidation sites excluding steroid dienone is 2. The molecule has 3 nitrogen and oxygen atoms in total. The van der Waals surface area contributed by atoms with E-state index in [0.29, 0.717) is 17.5 Å². The molecule has 1 atom stereocenters. The van der Waals surface area contributed by atoms with Gasteiger partial charge in [0.05, 0.1) is 0 Å². The molecule has 1 aliphatic carbocycles. The maximum Gasteiger partial charge on any atom is 0.205 e. The van der Waals surface area contributed by atoms with Gasteiger partial charge >= 0.3 is 0 Å². The molecule has 128 valence electrons. The van der Waals surface area contributed by atoms with Crippen molar-refractivity contribution in [2.45, 2.75) is 38.5 Å². The molecule has 1 saturated carbocycles. The lowest BCUT2D eigenvalue weighted by Gasteiger charge is -2.23. The smallest absolute Gasteiger partial charge is 0.205 e. The van der Waals surface area contributed by atoms with Crippen LogP contribution in [0, 0.1) is 12.8 Å². The first kappa shape index (κ1) is 16.1. The Hall–Kier alpha value is -2.42. The molecule has 2 heterocycles. The van der Waals surface area contributed by atoms with Crippen LogP contribution in [0.1, 0.15) is 53.3 Å². The van der Waals surface area contributed by atoms with Crippen LogP contribution in [0.2, 0.25) is 0 Å². The number of nitrogens with zero attached hydrogens (tertiary/aromatic N) is 2. The quantitative estimate of drug-likeness (QED) is 0.593. The van der Waals surface area contributed by atoms with Crippen molar-refractivity contribution in [1.82, 2.24) is 4.98 Å². The number of pyridine rings is 1. The maximum atomic E-state index is 12.8. The van der Waals surface area contributed by atoms with Crippen LogP contribution in [-0.2, 0) is 0 Å². The van der Waals surface area contributed by atoms with Gasteiger partial charge in [0.25, 0.3) is 0 Å². The lowest BCUT2D eigenvalue weighted by atomic mass is 9.84. The molecule has 0 radical (unpaired) electrons. The van der Waals surface area contributed by atoms with E-state index in [1.165, 1.54) is 36.9 Å². The van der Waals surface area contributed by atoms with Crippen LogP contribution in [0.5, 0.6) is 0 Å². The first-order chi connectivity index (χ1) is 12.1. The van der Waals surface area contributed by atoms with Gasteiger partial charge in [-0.25, -0.2) is 4.98 Å². The Balaban J connectivity index is 1.75. The van der Waals surface area contributed by atoms with Crippen molar-refractivity contribution < 1.29 is 4.79 Å². The molecule has 1 unspecified atom stereocenters. The van der Waals surface area contributed by atoms with E-state index >= 15 is 0 Å². The minimum Gasteiger partial charge on any atom is -0.347 e. The summed E-state index contributed by atoms with van der Waals surface area (Å²) in [6.07, 6.45) is 6.92. The highest BCUT2D eigenvalue weighted by Crippen LogP contribution is 2.50. The van der Waals surface area contributed by atoms with Gasteiger partial charge in [0, 0.05) is 36.1 Å². The highest BCUT2D eigenvalue weighted by molar-refractivity contribution is 6.04. The molecule has 1 fully saturated rings. The van der Waals surface area contributed by atoms with Gasteiger partial charge in [0.1, 0.15) is 5.69 Å². The summed E-state index contributed by atoms with van der Waals surface area (Å²) < 4.78 is 0. The highest BCUT2D eigenvalue weighted by Gasteiger charge is 2.38. The monoisotopic (exact) mass is 332 g/mol. The summed E-state index contributed by atoms with van der Waals surface area (Å²) >= 11 is 0. The first-order valence-electron chi connectivity index (χ1n) is 9.17. The third-order valence-electron chi connectivity index (χ3n) is 5.63. The third kappa shape index (κ3) is 2.88. The Labute approximate surface area is 149 Å². The summed E-state index contributed by atoms with van der Waals surface area (Å²) in [6.45, 7) is 1.92. The number of fused-ring (bicyclic) bond motifs is 1. The van der Waals surface area contributed by atoms with E-state index in [1.54, 1.807) is 6.07 Å². The number of carbonyl (C=O) groups is 1. The lowest BCUT2D eigenvalue weighted by Crippen LogP contribution is -2.19. The molecular weight excluding hydrogens is 308 g/mol. The minimum absolute atomic E-state index is 0.00125. The molecule has 2 aliphatic rings. The number of rotatable bonds is 3. The van der Waals surface area contributed by atoms with Gasteiger partial charge < -0.3 is 4.90 Å². The van der Waals surface area contributed by atoms with E-state index in [4.69, 9.17) is 0 Å². The van der Waals surface area contributed by atoms with E-state index in [-0.39, 0.29) is 5.78 Å². The molecule has 0 spiro atoms. The molecule has 1 aliphatic heterocycles. The number of hydrogen-bond acceptors (Lipinski definition) is 3. The zero-order valence-electron chi connectivity index (χ0n) is 14.9. The minimum atomic E-state index is 0.00125. The number of aromatic nitrogens is 1. The molecule has 0 saturated heterocycles. The van der Waals surface area contributed by atoms with Crippen LogP contribution in [0.4, 0.5) is 5.69 Å².